The molecule has 0 saturated carbocycles. The molecular weight excluding hydrogens is 176 g/mol. The molecule has 0 radical (unpaired) electrons. The second-order valence-corrected chi connectivity index (χ2v) is 3.61. The summed E-state index contributed by atoms with van der Waals surface area (Å²) in [5.41, 5.74) is 0. The Labute approximate surface area is 84.9 Å². The lowest BCUT2D eigenvalue weighted by atomic mass is 10.1. The molecule has 76 valence electrons. The summed E-state index contributed by atoms with van der Waals surface area (Å²) in [6.45, 7) is 0.860. The molecule has 14 heavy (non-hydrogen) atoms. The first-order valence-corrected chi connectivity index (χ1v) is 5.28. The van der Waals surface area contributed by atoms with Crippen LogP contribution in [0, 0.1) is 0 Å². The largest absolute Gasteiger partial charge is 0.467 e. The van der Waals surface area contributed by atoms with Gasteiger partial charge in [-0.25, -0.2) is 0 Å². The first kappa shape index (κ1) is 9.53. The first-order chi connectivity index (χ1) is 6.97. The Balaban J connectivity index is 2.01. The third-order valence-electron chi connectivity index (χ3n) is 2.51. The van der Waals surface area contributed by atoms with Crippen molar-refractivity contribution in [2.75, 3.05) is 6.61 Å². The molecule has 0 bridgehead atoms. The molecule has 2 nitrogen and oxygen atoms in total. The number of ether oxygens (including phenoxy) is 2. The number of rotatable bonds is 1. The SMILES string of the molecule is C1=CC=C(C2CCCCCO2)OC=C1. The highest BCUT2D eigenvalue weighted by Gasteiger charge is 2.18. The average Bonchev–Trinajstić information content (AvgIpc) is 2.62. The Morgan fingerprint density at radius 2 is 2.07 bits per heavy atom. The third kappa shape index (κ3) is 2.48. The Hall–Kier alpha value is -1.02. The molecule has 2 heteroatoms. The van der Waals surface area contributed by atoms with E-state index in [9.17, 15) is 0 Å². The smallest absolute Gasteiger partial charge is 0.132 e. The van der Waals surface area contributed by atoms with Crippen molar-refractivity contribution in [3.63, 3.8) is 0 Å². The summed E-state index contributed by atoms with van der Waals surface area (Å²) in [4.78, 5) is 0. The summed E-state index contributed by atoms with van der Waals surface area (Å²) >= 11 is 0. The lowest BCUT2D eigenvalue weighted by Gasteiger charge is -2.16. The van der Waals surface area contributed by atoms with E-state index >= 15 is 0 Å². The standard InChI is InChI=1S/C12H16O2/c1-3-7-11(13-9-5-1)12-8-4-2-6-10-14-12/h1,3,5,7,9,12H,2,4,6,8,10H2. The summed E-state index contributed by atoms with van der Waals surface area (Å²) in [6.07, 6.45) is 14.5. The van der Waals surface area contributed by atoms with Crippen LogP contribution in [0.5, 0.6) is 0 Å². The Kier molecular flexibility index (Phi) is 3.41. The maximum Gasteiger partial charge on any atom is 0.132 e. The van der Waals surface area contributed by atoms with E-state index in [2.05, 4.69) is 0 Å². The minimum absolute atomic E-state index is 0.157. The third-order valence-corrected chi connectivity index (χ3v) is 2.51. The van der Waals surface area contributed by atoms with Gasteiger partial charge in [-0.05, 0) is 25.0 Å². The van der Waals surface area contributed by atoms with Gasteiger partial charge in [0.05, 0.1) is 6.26 Å². The van der Waals surface area contributed by atoms with E-state index in [0.29, 0.717) is 0 Å². The van der Waals surface area contributed by atoms with Crippen LogP contribution in [0.1, 0.15) is 25.7 Å². The van der Waals surface area contributed by atoms with Gasteiger partial charge in [0.2, 0.25) is 0 Å². The molecule has 1 unspecified atom stereocenters. The van der Waals surface area contributed by atoms with Crippen molar-refractivity contribution >= 4 is 0 Å². The lowest BCUT2D eigenvalue weighted by Crippen LogP contribution is -2.15. The molecule has 1 saturated heterocycles. The van der Waals surface area contributed by atoms with Crippen LogP contribution < -0.4 is 0 Å². The summed E-state index contributed by atoms with van der Waals surface area (Å²) in [6, 6.07) is 0. The van der Waals surface area contributed by atoms with Crippen LogP contribution >= 0.6 is 0 Å². The Morgan fingerprint density at radius 3 is 3.07 bits per heavy atom. The molecule has 0 aliphatic carbocycles. The van der Waals surface area contributed by atoms with E-state index in [4.69, 9.17) is 9.47 Å². The molecule has 2 aliphatic heterocycles. The number of hydrogen-bond acceptors (Lipinski definition) is 2. The molecule has 1 atom stereocenters. The van der Waals surface area contributed by atoms with Gasteiger partial charge >= 0.3 is 0 Å². The van der Waals surface area contributed by atoms with Crippen LogP contribution in [0.4, 0.5) is 0 Å². The van der Waals surface area contributed by atoms with Crippen molar-refractivity contribution < 1.29 is 9.47 Å². The van der Waals surface area contributed by atoms with Gasteiger partial charge < -0.3 is 9.47 Å². The molecule has 0 aromatic heterocycles. The van der Waals surface area contributed by atoms with Crippen molar-refractivity contribution in [1.82, 2.24) is 0 Å². The van der Waals surface area contributed by atoms with Gasteiger partial charge in [0.15, 0.2) is 0 Å². The van der Waals surface area contributed by atoms with Crippen LogP contribution in [0.25, 0.3) is 0 Å². The molecule has 0 aromatic rings. The minimum Gasteiger partial charge on any atom is -0.467 e. The first-order valence-electron chi connectivity index (χ1n) is 5.28. The van der Waals surface area contributed by atoms with Gasteiger partial charge in [-0.2, -0.15) is 0 Å². The van der Waals surface area contributed by atoms with E-state index in [1.165, 1.54) is 19.3 Å². The van der Waals surface area contributed by atoms with Crippen LogP contribution in [0.2, 0.25) is 0 Å². The topological polar surface area (TPSA) is 18.5 Å². The van der Waals surface area contributed by atoms with Gasteiger partial charge in [-0.3, -0.25) is 0 Å². The van der Waals surface area contributed by atoms with Crippen LogP contribution in [-0.4, -0.2) is 12.7 Å². The van der Waals surface area contributed by atoms with Crippen molar-refractivity contribution in [2.24, 2.45) is 0 Å². The van der Waals surface area contributed by atoms with E-state index in [1.54, 1.807) is 6.26 Å². The van der Waals surface area contributed by atoms with Crippen LogP contribution in [0.3, 0.4) is 0 Å². The maximum absolute atomic E-state index is 5.74. The van der Waals surface area contributed by atoms with Gasteiger partial charge in [0.1, 0.15) is 11.9 Å². The molecule has 0 spiro atoms. The van der Waals surface area contributed by atoms with Gasteiger partial charge in [-0.15, -0.1) is 0 Å². The van der Waals surface area contributed by atoms with Gasteiger partial charge in [0, 0.05) is 6.61 Å². The fraction of sp³-hybridized carbons (Fsp3) is 0.500. The van der Waals surface area contributed by atoms with Crippen molar-refractivity contribution in [1.29, 1.82) is 0 Å². The summed E-state index contributed by atoms with van der Waals surface area (Å²) in [5, 5.41) is 0. The van der Waals surface area contributed by atoms with E-state index < -0.39 is 0 Å². The average molecular weight is 192 g/mol. The zero-order chi connectivity index (χ0) is 9.64. The monoisotopic (exact) mass is 192 g/mol. The fourth-order valence-electron chi connectivity index (χ4n) is 1.74. The van der Waals surface area contributed by atoms with Gasteiger partial charge in [-0.1, -0.05) is 25.0 Å². The normalized spacial score (nSPS) is 27.4. The quantitative estimate of drug-likeness (QED) is 0.636. The van der Waals surface area contributed by atoms with Crippen molar-refractivity contribution in [3.8, 4) is 0 Å². The minimum atomic E-state index is 0.157. The number of allylic oxidation sites excluding steroid dienone is 4. The lowest BCUT2D eigenvalue weighted by molar-refractivity contribution is 0.0511. The van der Waals surface area contributed by atoms with Gasteiger partial charge in [0.25, 0.3) is 0 Å². The summed E-state index contributed by atoms with van der Waals surface area (Å²) < 4.78 is 11.2. The molecule has 0 N–H and O–H groups in total. The number of hydrogen-bond donors (Lipinski definition) is 0. The molecule has 1 fully saturated rings. The Morgan fingerprint density at radius 1 is 1.07 bits per heavy atom. The molecule has 0 amide bonds. The predicted molar refractivity (Wildman–Crippen MR) is 55.7 cm³/mol. The zero-order valence-electron chi connectivity index (χ0n) is 8.32. The summed E-state index contributed by atoms with van der Waals surface area (Å²) in [5.74, 6) is 0.942. The van der Waals surface area contributed by atoms with Crippen molar-refractivity contribution in [3.05, 3.63) is 36.3 Å². The summed E-state index contributed by atoms with van der Waals surface area (Å²) in [7, 11) is 0. The Bertz CT molecular complexity index is 255. The van der Waals surface area contributed by atoms with Crippen LogP contribution in [0.15, 0.2) is 36.3 Å². The molecule has 0 aromatic carbocycles. The predicted octanol–water partition coefficient (Wildman–Crippen LogP) is 2.93. The van der Waals surface area contributed by atoms with E-state index in [-0.39, 0.29) is 6.10 Å². The molecule has 2 rings (SSSR count). The molecular formula is C12H16O2. The van der Waals surface area contributed by atoms with E-state index in [0.717, 1.165) is 18.8 Å². The van der Waals surface area contributed by atoms with E-state index in [1.807, 2.05) is 24.3 Å². The second-order valence-electron chi connectivity index (χ2n) is 3.61. The zero-order valence-corrected chi connectivity index (χ0v) is 8.32. The highest BCUT2D eigenvalue weighted by molar-refractivity contribution is 5.19. The highest BCUT2D eigenvalue weighted by atomic mass is 16.5. The van der Waals surface area contributed by atoms with Crippen molar-refractivity contribution in [2.45, 2.75) is 31.8 Å². The second kappa shape index (κ2) is 5.01. The molecule has 2 heterocycles. The fourth-order valence-corrected chi connectivity index (χ4v) is 1.74. The maximum atomic E-state index is 5.74. The highest BCUT2D eigenvalue weighted by Crippen LogP contribution is 2.21. The van der Waals surface area contributed by atoms with Crippen LogP contribution in [-0.2, 0) is 9.47 Å². The molecule has 2 aliphatic rings.